The van der Waals surface area contributed by atoms with Gasteiger partial charge >= 0.3 is 0 Å². The molecule has 0 amide bonds. The molecular formula is C35H58ClNO6Si. The lowest BCUT2D eigenvalue weighted by Crippen LogP contribution is -2.49. The molecule has 44 heavy (non-hydrogen) atoms. The van der Waals surface area contributed by atoms with E-state index < -0.39 is 26.8 Å². The molecule has 0 saturated carbocycles. The van der Waals surface area contributed by atoms with E-state index in [9.17, 15) is 9.90 Å². The summed E-state index contributed by atoms with van der Waals surface area (Å²) >= 11 is 6.71. The van der Waals surface area contributed by atoms with Gasteiger partial charge in [-0.1, -0.05) is 80.0 Å². The van der Waals surface area contributed by atoms with Crippen molar-refractivity contribution in [2.45, 2.75) is 125 Å². The molecule has 1 aliphatic heterocycles. The Morgan fingerprint density at radius 1 is 1.20 bits per heavy atom. The molecular weight excluding hydrogens is 594 g/mol. The number of carbonyl (C=O) groups is 1. The average Bonchev–Trinajstić information content (AvgIpc) is 3.19. The molecule has 0 saturated heterocycles. The summed E-state index contributed by atoms with van der Waals surface area (Å²) in [4.78, 5) is 17.5. The number of rotatable bonds is 13. The van der Waals surface area contributed by atoms with Gasteiger partial charge in [-0.25, -0.2) is 0 Å². The highest BCUT2D eigenvalue weighted by Gasteiger charge is 2.45. The van der Waals surface area contributed by atoms with Crippen LogP contribution in [0.2, 0.25) is 23.2 Å². The van der Waals surface area contributed by atoms with Crippen molar-refractivity contribution >= 4 is 25.7 Å². The quantitative estimate of drug-likeness (QED) is 0.168. The molecule has 1 aromatic rings. The van der Waals surface area contributed by atoms with Crippen LogP contribution in [-0.4, -0.2) is 50.1 Å². The van der Waals surface area contributed by atoms with Gasteiger partial charge in [-0.3, -0.25) is 9.78 Å². The van der Waals surface area contributed by atoms with Crippen LogP contribution >= 0.6 is 11.6 Å². The third kappa shape index (κ3) is 9.97. The number of hydrogen-bond acceptors (Lipinski definition) is 7. The lowest BCUT2D eigenvalue weighted by atomic mass is 9.80. The molecule has 0 radical (unpaired) electrons. The zero-order chi connectivity index (χ0) is 33.6. The Morgan fingerprint density at radius 2 is 1.84 bits per heavy atom. The van der Waals surface area contributed by atoms with Gasteiger partial charge in [-0.05, 0) is 61.5 Å². The lowest BCUT2D eigenvalue weighted by molar-refractivity contribution is -0.130. The average molecular weight is 652 g/mol. The van der Waals surface area contributed by atoms with Crippen LogP contribution in [0.15, 0.2) is 36.3 Å². The normalized spacial score (nSPS) is 21.1. The first-order valence-corrected chi connectivity index (χ1v) is 19.2. The Balaban J connectivity index is 2.52. The zero-order valence-corrected chi connectivity index (χ0v) is 31.1. The van der Waals surface area contributed by atoms with Crippen molar-refractivity contribution in [3.63, 3.8) is 0 Å². The summed E-state index contributed by atoms with van der Waals surface area (Å²) in [6.07, 6.45) is 5.76. The fourth-order valence-electron chi connectivity index (χ4n) is 5.70. The van der Waals surface area contributed by atoms with E-state index in [-0.39, 0.29) is 40.1 Å². The standard InChI is InChI=1S/C35H58ClNO6Si/c1-22(21-24(3)32(39)34(5,6)7)20-23(2)30(40-11)25(4)31(43-44(12,13)35(8,9)10)29(38)28-27(26(36)16-17-37-28)33-41-18-14-15-19-42-33/h14,16-18,20,22,24-25,29-31,33,38H,15,19,21H2,1-13H3/b23-20+/t22-,24-,25+,29+,30+,31-,33+/m0/s1. The Morgan fingerprint density at radius 3 is 2.41 bits per heavy atom. The molecule has 0 bridgehead atoms. The summed E-state index contributed by atoms with van der Waals surface area (Å²) in [5.74, 6) is 0.0924. The molecule has 0 aliphatic carbocycles. The molecule has 1 N–H and O–H groups in total. The van der Waals surface area contributed by atoms with Crippen molar-refractivity contribution in [3.8, 4) is 0 Å². The van der Waals surface area contributed by atoms with Crippen LogP contribution in [0, 0.1) is 23.2 Å². The van der Waals surface area contributed by atoms with Crippen LogP contribution in [0.4, 0.5) is 0 Å². The van der Waals surface area contributed by atoms with Crippen molar-refractivity contribution in [2.24, 2.45) is 23.2 Å². The maximum absolute atomic E-state index is 12.9. The number of carbonyl (C=O) groups excluding carboxylic acids is 1. The zero-order valence-electron chi connectivity index (χ0n) is 29.4. The topological polar surface area (TPSA) is 87.1 Å². The molecule has 2 heterocycles. The molecule has 1 aliphatic rings. The van der Waals surface area contributed by atoms with Gasteiger partial charge in [0.15, 0.2) is 8.32 Å². The van der Waals surface area contributed by atoms with E-state index in [1.54, 1.807) is 25.6 Å². The van der Waals surface area contributed by atoms with Crippen molar-refractivity contribution in [3.05, 3.63) is 52.5 Å². The molecule has 2 rings (SSSR count). The summed E-state index contributed by atoms with van der Waals surface area (Å²) in [7, 11) is -0.702. The molecule has 0 fully saturated rings. The van der Waals surface area contributed by atoms with E-state index in [2.05, 4.69) is 65.7 Å². The number of pyridine rings is 1. The van der Waals surface area contributed by atoms with Crippen LogP contribution in [0.5, 0.6) is 0 Å². The number of allylic oxidation sites excluding steroid dienone is 1. The van der Waals surface area contributed by atoms with Crippen LogP contribution in [-0.2, 0) is 23.4 Å². The van der Waals surface area contributed by atoms with E-state index in [0.717, 1.165) is 12.0 Å². The molecule has 1 aromatic heterocycles. The largest absolute Gasteiger partial charge is 0.468 e. The number of aliphatic hydroxyl groups excluding tert-OH is 1. The Labute approximate surface area is 272 Å². The van der Waals surface area contributed by atoms with E-state index in [0.29, 0.717) is 29.3 Å². The summed E-state index contributed by atoms with van der Waals surface area (Å²) in [5.41, 5.74) is 1.52. The fraction of sp³-hybridized carbons (Fsp3) is 0.714. The van der Waals surface area contributed by atoms with Crippen LogP contribution < -0.4 is 0 Å². The molecule has 7 nitrogen and oxygen atoms in total. The molecule has 0 spiro atoms. The van der Waals surface area contributed by atoms with Gasteiger partial charge in [0.05, 0.1) is 41.4 Å². The van der Waals surface area contributed by atoms with Gasteiger partial charge in [0.1, 0.15) is 11.9 Å². The second-order valence-corrected chi connectivity index (χ2v) is 20.2. The highest BCUT2D eigenvalue weighted by atomic mass is 35.5. The molecule has 0 aromatic carbocycles. The number of aliphatic hydroxyl groups is 1. The minimum atomic E-state index is -2.39. The van der Waals surface area contributed by atoms with Crippen molar-refractivity contribution in [2.75, 3.05) is 13.7 Å². The summed E-state index contributed by atoms with van der Waals surface area (Å²) in [6.45, 7) is 25.5. The first-order valence-electron chi connectivity index (χ1n) is 15.9. The van der Waals surface area contributed by atoms with Crippen molar-refractivity contribution < 1.29 is 28.5 Å². The summed E-state index contributed by atoms with van der Waals surface area (Å²) < 4.78 is 24.9. The maximum Gasteiger partial charge on any atom is 0.229 e. The molecule has 7 atom stereocenters. The minimum Gasteiger partial charge on any atom is -0.468 e. The number of Topliss-reactive ketones (excluding diaryl/α,β-unsaturated/α-hetero) is 1. The van der Waals surface area contributed by atoms with Gasteiger partial charge in [-0.15, -0.1) is 0 Å². The number of aromatic nitrogens is 1. The molecule has 9 heteroatoms. The van der Waals surface area contributed by atoms with Gasteiger partial charge in [0, 0.05) is 30.6 Å². The van der Waals surface area contributed by atoms with Gasteiger partial charge in [0.25, 0.3) is 0 Å². The second-order valence-electron chi connectivity index (χ2n) is 15.0. The predicted molar refractivity (Wildman–Crippen MR) is 181 cm³/mol. The number of methoxy groups -OCH3 is 1. The van der Waals surface area contributed by atoms with Gasteiger partial charge in [0.2, 0.25) is 6.29 Å². The molecule has 250 valence electrons. The number of hydrogen-bond donors (Lipinski definition) is 1. The minimum absolute atomic E-state index is 0.0560. The number of ketones is 1. The highest BCUT2D eigenvalue weighted by Crippen LogP contribution is 2.43. The van der Waals surface area contributed by atoms with E-state index in [1.165, 1.54) is 0 Å². The predicted octanol–water partition coefficient (Wildman–Crippen LogP) is 8.98. The van der Waals surface area contributed by atoms with Gasteiger partial charge < -0.3 is 23.7 Å². The Kier molecular flexibility index (Phi) is 13.9. The third-order valence-electron chi connectivity index (χ3n) is 9.04. The summed E-state index contributed by atoms with van der Waals surface area (Å²) in [5, 5.41) is 12.5. The van der Waals surface area contributed by atoms with E-state index in [1.807, 2.05) is 33.8 Å². The summed E-state index contributed by atoms with van der Waals surface area (Å²) in [6, 6.07) is 1.68. The SMILES string of the molecule is CO[C@H](/C(C)=C/[C@H](C)C[C@H](C)C(=O)C(C)(C)C)[C@@H](C)[C@H](O[Si](C)(C)C(C)(C)C)[C@H](O)c1nccc(Cl)c1[C@@H]1OC=CCCO1. The monoisotopic (exact) mass is 651 g/mol. The van der Waals surface area contributed by atoms with Crippen LogP contribution in [0.3, 0.4) is 0 Å². The highest BCUT2D eigenvalue weighted by molar-refractivity contribution is 6.74. The first-order chi connectivity index (χ1) is 20.2. The van der Waals surface area contributed by atoms with Crippen LogP contribution in [0.1, 0.15) is 106 Å². The van der Waals surface area contributed by atoms with Crippen LogP contribution in [0.25, 0.3) is 0 Å². The second kappa shape index (κ2) is 15.8. The van der Waals surface area contributed by atoms with E-state index in [4.69, 9.17) is 30.2 Å². The van der Waals surface area contributed by atoms with Gasteiger partial charge in [-0.2, -0.15) is 0 Å². The Hall–Kier alpha value is -1.55. The van der Waals surface area contributed by atoms with Crippen molar-refractivity contribution in [1.82, 2.24) is 4.98 Å². The smallest absolute Gasteiger partial charge is 0.229 e. The number of ether oxygens (including phenoxy) is 3. The van der Waals surface area contributed by atoms with E-state index >= 15 is 0 Å². The fourth-order valence-corrected chi connectivity index (χ4v) is 7.32. The lowest BCUT2D eigenvalue weighted by Gasteiger charge is -2.44. The first kappa shape index (κ1) is 38.6. The Bertz CT molecular complexity index is 1150. The third-order valence-corrected chi connectivity index (χ3v) is 13.8. The maximum atomic E-state index is 12.9. The van der Waals surface area contributed by atoms with Crippen molar-refractivity contribution in [1.29, 1.82) is 0 Å². The molecule has 0 unspecified atom stereocenters. The number of halogens is 1. The number of nitrogens with zero attached hydrogens (tertiary/aromatic N) is 1.